The zero-order chi connectivity index (χ0) is 15.2. The highest BCUT2D eigenvalue weighted by Gasteiger charge is 2.13. The third kappa shape index (κ3) is 4.05. The van der Waals surface area contributed by atoms with Gasteiger partial charge in [-0.1, -0.05) is 37.3 Å². The standard InChI is InChI=1S/C18H22FNO/c1-4-20-18(16-8-6-5-7-13(16)2)12-21-15-10-9-14(3)17(19)11-15/h5-11,18,20H,4,12H2,1-3H3. The van der Waals surface area contributed by atoms with E-state index in [2.05, 4.69) is 31.3 Å². The zero-order valence-electron chi connectivity index (χ0n) is 12.8. The molecular formula is C18H22FNO. The Bertz CT molecular complexity index is 598. The third-order valence-electron chi connectivity index (χ3n) is 3.57. The van der Waals surface area contributed by atoms with Crippen molar-refractivity contribution in [2.75, 3.05) is 13.2 Å². The molecule has 0 aliphatic heterocycles. The summed E-state index contributed by atoms with van der Waals surface area (Å²) in [4.78, 5) is 0. The largest absolute Gasteiger partial charge is 0.492 e. The highest BCUT2D eigenvalue weighted by molar-refractivity contribution is 5.30. The topological polar surface area (TPSA) is 21.3 Å². The number of aryl methyl sites for hydroxylation is 2. The van der Waals surface area contributed by atoms with Crippen LogP contribution in [0.3, 0.4) is 0 Å². The second-order valence-electron chi connectivity index (χ2n) is 5.19. The molecule has 1 unspecified atom stereocenters. The quantitative estimate of drug-likeness (QED) is 0.861. The lowest BCUT2D eigenvalue weighted by atomic mass is 10.0. The van der Waals surface area contributed by atoms with E-state index >= 15 is 0 Å². The first-order valence-electron chi connectivity index (χ1n) is 7.29. The Labute approximate surface area is 126 Å². The van der Waals surface area contributed by atoms with E-state index in [0.29, 0.717) is 17.9 Å². The maximum absolute atomic E-state index is 13.5. The molecule has 2 aromatic carbocycles. The zero-order valence-corrected chi connectivity index (χ0v) is 12.8. The smallest absolute Gasteiger partial charge is 0.129 e. The molecule has 0 heterocycles. The summed E-state index contributed by atoms with van der Waals surface area (Å²) < 4.78 is 19.3. The molecule has 0 aliphatic rings. The van der Waals surface area contributed by atoms with Gasteiger partial charge in [0.2, 0.25) is 0 Å². The maximum atomic E-state index is 13.5. The van der Waals surface area contributed by atoms with E-state index in [4.69, 9.17) is 4.74 Å². The van der Waals surface area contributed by atoms with Crippen molar-refractivity contribution in [3.63, 3.8) is 0 Å². The molecule has 2 rings (SSSR count). The maximum Gasteiger partial charge on any atom is 0.129 e. The fourth-order valence-electron chi connectivity index (χ4n) is 2.33. The summed E-state index contributed by atoms with van der Waals surface area (Å²) >= 11 is 0. The Balaban J connectivity index is 2.10. The fraction of sp³-hybridized carbons (Fsp3) is 0.333. The Hall–Kier alpha value is -1.87. The van der Waals surface area contributed by atoms with Gasteiger partial charge in [-0.3, -0.25) is 0 Å². The molecule has 2 nitrogen and oxygen atoms in total. The minimum Gasteiger partial charge on any atom is -0.492 e. The number of likely N-dealkylation sites (N-methyl/N-ethyl adjacent to an activating group) is 1. The summed E-state index contributed by atoms with van der Waals surface area (Å²) in [6.07, 6.45) is 0. The van der Waals surface area contributed by atoms with Gasteiger partial charge < -0.3 is 10.1 Å². The molecule has 0 amide bonds. The number of halogens is 1. The van der Waals surface area contributed by atoms with Gasteiger partial charge in [0.1, 0.15) is 18.2 Å². The highest BCUT2D eigenvalue weighted by atomic mass is 19.1. The molecular weight excluding hydrogens is 265 g/mol. The summed E-state index contributed by atoms with van der Waals surface area (Å²) in [6, 6.07) is 13.3. The van der Waals surface area contributed by atoms with Gasteiger partial charge >= 0.3 is 0 Å². The van der Waals surface area contributed by atoms with E-state index in [9.17, 15) is 4.39 Å². The van der Waals surface area contributed by atoms with Crippen molar-refractivity contribution in [2.24, 2.45) is 0 Å². The summed E-state index contributed by atoms with van der Waals surface area (Å²) in [5.41, 5.74) is 3.07. The van der Waals surface area contributed by atoms with E-state index in [0.717, 1.165) is 6.54 Å². The van der Waals surface area contributed by atoms with E-state index < -0.39 is 0 Å². The second-order valence-corrected chi connectivity index (χ2v) is 5.19. The number of ether oxygens (including phenoxy) is 1. The Morgan fingerprint density at radius 1 is 1.10 bits per heavy atom. The first kappa shape index (κ1) is 15.5. The van der Waals surface area contributed by atoms with Gasteiger partial charge in [0.15, 0.2) is 0 Å². The minimum atomic E-state index is -0.233. The Morgan fingerprint density at radius 2 is 1.86 bits per heavy atom. The normalized spacial score (nSPS) is 12.2. The molecule has 1 N–H and O–H groups in total. The Morgan fingerprint density at radius 3 is 2.52 bits per heavy atom. The lowest BCUT2D eigenvalue weighted by molar-refractivity contribution is 0.266. The van der Waals surface area contributed by atoms with Gasteiger partial charge in [0.25, 0.3) is 0 Å². The SMILES string of the molecule is CCNC(COc1ccc(C)c(F)c1)c1ccccc1C. The van der Waals surface area contributed by atoms with Crippen LogP contribution in [0.5, 0.6) is 5.75 Å². The van der Waals surface area contributed by atoms with E-state index in [1.165, 1.54) is 17.2 Å². The lowest BCUT2D eigenvalue weighted by Crippen LogP contribution is -2.27. The molecule has 0 saturated carbocycles. The minimum absolute atomic E-state index is 0.0977. The molecule has 0 spiro atoms. The van der Waals surface area contributed by atoms with Crippen molar-refractivity contribution in [1.82, 2.24) is 5.32 Å². The molecule has 0 radical (unpaired) electrons. The van der Waals surface area contributed by atoms with Crippen molar-refractivity contribution in [3.05, 3.63) is 65.0 Å². The molecule has 0 saturated heterocycles. The number of hydrogen-bond acceptors (Lipinski definition) is 2. The van der Waals surface area contributed by atoms with Crippen molar-refractivity contribution in [1.29, 1.82) is 0 Å². The summed E-state index contributed by atoms with van der Waals surface area (Å²) in [5, 5.41) is 3.42. The van der Waals surface area contributed by atoms with Gasteiger partial charge in [-0.25, -0.2) is 4.39 Å². The van der Waals surface area contributed by atoms with Gasteiger partial charge in [-0.05, 0) is 43.1 Å². The summed E-state index contributed by atoms with van der Waals surface area (Å²) in [7, 11) is 0. The van der Waals surface area contributed by atoms with Gasteiger partial charge in [0.05, 0.1) is 6.04 Å². The van der Waals surface area contributed by atoms with Crippen LogP contribution < -0.4 is 10.1 Å². The lowest BCUT2D eigenvalue weighted by Gasteiger charge is -2.21. The van der Waals surface area contributed by atoms with Crippen LogP contribution in [-0.4, -0.2) is 13.2 Å². The molecule has 0 aliphatic carbocycles. The van der Waals surface area contributed by atoms with E-state index in [-0.39, 0.29) is 11.9 Å². The van der Waals surface area contributed by atoms with Crippen LogP contribution in [0.1, 0.15) is 29.7 Å². The van der Waals surface area contributed by atoms with Gasteiger partial charge in [-0.15, -0.1) is 0 Å². The molecule has 0 aromatic heterocycles. The first-order chi connectivity index (χ1) is 10.1. The fourth-order valence-corrected chi connectivity index (χ4v) is 2.33. The molecule has 2 aromatic rings. The highest BCUT2D eigenvalue weighted by Crippen LogP contribution is 2.21. The number of hydrogen-bond donors (Lipinski definition) is 1. The van der Waals surface area contributed by atoms with Crippen LogP contribution in [0.15, 0.2) is 42.5 Å². The van der Waals surface area contributed by atoms with Crippen LogP contribution in [-0.2, 0) is 0 Å². The molecule has 112 valence electrons. The molecule has 3 heteroatoms. The third-order valence-corrected chi connectivity index (χ3v) is 3.57. The van der Waals surface area contributed by atoms with Crippen molar-refractivity contribution in [2.45, 2.75) is 26.8 Å². The Kier molecular flexibility index (Phi) is 5.34. The molecule has 0 bridgehead atoms. The number of nitrogens with one attached hydrogen (secondary N) is 1. The van der Waals surface area contributed by atoms with Crippen molar-refractivity contribution in [3.8, 4) is 5.75 Å². The van der Waals surface area contributed by atoms with Crippen LogP contribution in [0.25, 0.3) is 0 Å². The van der Waals surface area contributed by atoms with Crippen LogP contribution in [0.4, 0.5) is 4.39 Å². The predicted octanol–water partition coefficient (Wildman–Crippen LogP) is 4.17. The molecule has 0 fully saturated rings. The number of benzene rings is 2. The average Bonchev–Trinajstić information content (AvgIpc) is 2.48. The van der Waals surface area contributed by atoms with E-state index in [1.54, 1.807) is 19.1 Å². The van der Waals surface area contributed by atoms with Crippen LogP contribution in [0.2, 0.25) is 0 Å². The molecule has 1 atom stereocenters. The van der Waals surface area contributed by atoms with E-state index in [1.807, 2.05) is 12.1 Å². The van der Waals surface area contributed by atoms with Crippen molar-refractivity contribution >= 4 is 0 Å². The summed E-state index contributed by atoms with van der Waals surface area (Å²) in [6.45, 7) is 7.22. The second kappa shape index (κ2) is 7.23. The van der Waals surface area contributed by atoms with Gasteiger partial charge in [-0.2, -0.15) is 0 Å². The van der Waals surface area contributed by atoms with Crippen molar-refractivity contribution < 1.29 is 9.13 Å². The first-order valence-corrected chi connectivity index (χ1v) is 7.29. The number of rotatable bonds is 6. The monoisotopic (exact) mass is 287 g/mol. The average molecular weight is 287 g/mol. The molecule has 21 heavy (non-hydrogen) atoms. The predicted molar refractivity (Wildman–Crippen MR) is 84.2 cm³/mol. The van der Waals surface area contributed by atoms with Crippen LogP contribution >= 0.6 is 0 Å². The van der Waals surface area contributed by atoms with Gasteiger partial charge in [0, 0.05) is 6.07 Å². The van der Waals surface area contributed by atoms with Crippen LogP contribution in [0, 0.1) is 19.7 Å². The summed E-state index contributed by atoms with van der Waals surface area (Å²) in [5.74, 6) is 0.331.